The van der Waals surface area contributed by atoms with E-state index < -0.39 is 0 Å². The molecular weight excluding hydrogens is 240 g/mol. The van der Waals surface area contributed by atoms with Crippen LogP contribution in [0.1, 0.15) is 25.7 Å². The first kappa shape index (κ1) is 14.8. The Labute approximate surface area is 104 Å². The van der Waals surface area contributed by atoms with Gasteiger partial charge < -0.3 is 4.90 Å². The first-order valence-electron chi connectivity index (χ1n) is 5.03. The molecule has 1 aliphatic heterocycles. The fourth-order valence-corrected chi connectivity index (χ4v) is 2.92. The summed E-state index contributed by atoms with van der Waals surface area (Å²) in [4.78, 5) is 2.39. The lowest BCUT2D eigenvalue weighted by molar-refractivity contribution is 0.114. The van der Waals surface area contributed by atoms with Gasteiger partial charge in [0.2, 0.25) is 0 Å². The summed E-state index contributed by atoms with van der Waals surface area (Å²) >= 11 is 11.7. The van der Waals surface area contributed by atoms with E-state index in [0.717, 1.165) is 24.6 Å². The van der Waals surface area contributed by atoms with Gasteiger partial charge in [0.15, 0.2) is 0 Å². The number of hydrogen-bond acceptors (Lipinski definition) is 1. The van der Waals surface area contributed by atoms with Gasteiger partial charge in [0.25, 0.3) is 0 Å². The van der Waals surface area contributed by atoms with Crippen molar-refractivity contribution >= 4 is 35.6 Å². The third-order valence-electron chi connectivity index (χ3n) is 3.30. The summed E-state index contributed by atoms with van der Waals surface area (Å²) in [5.74, 6) is 1.56. The summed E-state index contributed by atoms with van der Waals surface area (Å²) in [6.45, 7) is 2.40. The number of likely N-dealkylation sites (tertiary alicyclic amines) is 1. The molecule has 1 aliphatic rings. The average molecular weight is 261 g/mol. The fourth-order valence-electron chi connectivity index (χ4n) is 2.12. The molecule has 86 valence electrons. The first-order valence-corrected chi connectivity index (χ1v) is 6.10. The molecule has 0 spiro atoms. The van der Waals surface area contributed by atoms with Gasteiger partial charge in [-0.3, -0.25) is 0 Å². The van der Waals surface area contributed by atoms with Crippen LogP contribution in [0, 0.1) is 5.41 Å². The van der Waals surface area contributed by atoms with Crippen molar-refractivity contribution < 1.29 is 0 Å². The van der Waals surface area contributed by atoms with Crippen LogP contribution in [-0.4, -0.2) is 36.8 Å². The highest BCUT2D eigenvalue weighted by Crippen LogP contribution is 2.38. The molecule has 0 bridgehead atoms. The molecule has 1 fully saturated rings. The van der Waals surface area contributed by atoms with Crippen LogP contribution in [0.15, 0.2) is 0 Å². The summed E-state index contributed by atoms with van der Waals surface area (Å²) in [5, 5.41) is 0. The van der Waals surface area contributed by atoms with E-state index in [9.17, 15) is 0 Å². The van der Waals surface area contributed by atoms with E-state index in [4.69, 9.17) is 23.2 Å². The predicted molar refractivity (Wildman–Crippen MR) is 67.1 cm³/mol. The van der Waals surface area contributed by atoms with Crippen LogP contribution in [-0.2, 0) is 0 Å². The largest absolute Gasteiger partial charge is 0.306 e. The van der Waals surface area contributed by atoms with E-state index >= 15 is 0 Å². The van der Waals surface area contributed by atoms with E-state index in [1.807, 2.05) is 0 Å². The van der Waals surface area contributed by atoms with Crippen molar-refractivity contribution in [3.8, 4) is 0 Å². The number of rotatable bonds is 4. The van der Waals surface area contributed by atoms with Gasteiger partial charge in [0.05, 0.1) is 0 Å². The minimum Gasteiger partial charge on any atom is -0.306 e. The van der Waals surface area contributed by atoms with E-state index in [1.54, 1.807) is 0 Å². The normalized spacial score (nSPS) is 21.6. The fraction of sp³-hybridized carbons (Fsp3) is 1.00. The Kier molecular flexibility index (Phi) is 7.59. The molecule has 1 heterocycles. The van der Waals surface area contributed by atoms with Gasteiger partial charge in [-0.2, -0.15) is 0 Å². The first-order chi connectivity index (χ1) is 6.22. The SMILES string of the molecule is CN1CCC(CCCl)(CCCl)CC1.Cl. The molecule has 1 nitrogen and oxygen atoms in total. The Morgan fingerprint density at radius 3 is 1.86 bits per heavy atom. The molecule has 0 aromatic rings. The number of alkyl halides is 2. The maximum absolute atomic E-state index is 5.84. The lowest BCUT2D eigenvalue weighted by Gasteiger charge is -2.40. The predicted octanol–water partition coefficient (Wildman–Crippen LogP) is 3.38. The van der Waals surface area contributed by atoms with E-state index in [0.29, 0.717) is 5.41 Å². The standard InChI is InChI=1S/C10H19Cl2N.ClH/c1-13-8-4-10(2-6-11,3-7-12)5-9-13;/h2-9H2,1H3;1H. The lowest BCUT2D eigenvalue weighted by Crippen LogP contribution is -2.38. The lowest BCUT2D eigenvalue weighted by atomic mass is 9.74. The van der Waals surface area contributed by atoms with Crippen LogP contribution >= 0.6 is 35.6 Å². The van der Waals surface area contributed by atoms with Gasteiger partial charge in [-0.05, 0) is 51.2 Å². The van der Waals surface area contributed by atoms with Crippen molar-refractivity contribution in [2.45, 2.75) is 25.7 Å². The second kappa shape index (κ2) is 7.16. The monoisotopic (exact) mass is 259 g/mol. The van der Waals surface area contributed by atoms with Gasteiger partial charge >= 0.3 is 0 Å². The number of nitrogens with zero attached hydrogens (tertiary/aromatic N) is 1. The maximum atomic E-state index is 5.84. The zero-order chi connectivity index (χ0) is 9.73. The van der Waals surface area contributed by atoms with Gasteiger partial charge in [-0.15, -0.1) is 35.6 Å². The van der Waals surface area contributed by atoms with Crippen molar-refractivity contribution in [2.24, 2.45) is 5.41 Å². The van der Waals surface area contributed by atoms with Crippen molar-refractivity contribution in [2.75, 3.05) is 31.9 Å². The van der Waals surface area contributed by atoms with Crippen molar-refractivity contribution in [3.63, 3.8) is 0 Å². The van der Waals surface area contributed by atoms with E-state index in [-0.39, 0.29) is 12.4 Å². The smallest absolute Gasteiger partial charge is 0.0228 e. The quantitative estimate of drug-likeness (QED) is 0.701. The highest BCUT2D eigenvalue weighted by Gasteiger charge is 2.32. The highest BCUT2D eigenvalue weighted by atomic mass is 35.5. The average Bonchev–Trinajstić information content (AvgIpc) is 2.11. The van der Waals surface area contributed by atoms with Crippen LogP contribution in [0.3, 0.4) is 0 Å². The van der Waals surface area contributed by atoms with Gasteiger partial charge in [0.1, 0.15) is 0 Å². The third-order valence-corrected chi connectivity index (χ3v) is 3.68. The number of piperidine rings is 1. The zero-order valence-electron chi connectivity index (χ0n) is 8.77. The van der Waals surface area contributed by atoms with Crippen LogP contribution in [0.25, 0.3) is 0 Å². The van der Waals surface area contributed by atoms with Crippen LogP contribution in [0.5, 0.6) is 0 Å². The third kappa shape index (κ3) is 4.14. The van der Waals surface area contributed by atoms with Crippen molar-refractivity contribution in [3.05, 3.63) is 0 Å². The number of halogens is 3. The molecule has 0 saturated carbocycles. The molecule has 0 radical (unpaired) electrons. The van der Waals surface area contributed by atoms with Crippen LogP contribution < -0.4 is 0 Å². The molecule has 14 heavy (non-hydrogen) atoms. The Morgan fingerprint density at radius 2 is 1.50 bits per heavy atom. The van der Waals surface area contributed by atoms with Crippen LogP contribution in [0.4, 0.5) is 0 Å². The van der Waals surface area contributed by atoms with Gasteiger partial charge in [-0.1, -0.05) is 0 Å². The van der Waals surface area contributed by atoms with E-state index in [2.05, 4.69) is 11.9 Å². The molecular formula is C10H20Cl3N. The second-order valence-electron chi connectivity index (χ2n) is 4.18. The molecule has 0 aliphatic carbocycles. The van der Waals surface area contributed by atoms with Gasteiger partial charge in [-0.25, -0.2) is 0 Å². The minimum absolute atomic E-state index is 0. The summed E-state index contributed by atoms with van der Waals surface area (Å²) in [6, 6.07) is 0. The second-order valence-corrected chi connectivity index (χ2v) is 4.94. The Morgan fingerprint density at radius 1 is 1.07 bits per heavy atom. The summed E-state index contributed by atoms with van der Waals surface area (Å²) in [7, 11) is 2.19. The molecule has 0 aromatic heterocycles. The summed E-state index contributed by atoms with van der Waals surface area (Å²) < 4.78 is 0. The highest BCUT2D eigenvalue weighted by molar-refractivity contribution is 6.18. The topological polar surface area (TPSA) is 3.24 Å². The zero-order valence-corrected chi connectivity index (χ0v) is 11.1. The maximum Gasteiger partial charge on any atom is 0.0228 e. The molecule has 0 N–H and O–H groups in total. The summed E-state index contributed by atoms with van der Waals surface area (Å²) in [5.41, 5.74) is 0.454. The van der Waals surface area contributed by atoms with Crippen molar-refractivity contribution in [1.29, 1.82) is 0 Å². The van der Waals surface area contributed by atoms with Crippen LogP contribution in [0.2, 0.25) is 0 Å². The molecule has 1 saturated heterocycles. The minimum atomic E-state index is 0. The molecule has 0 amide bonds. The Hall–Kier alpha value is 0.830. The molecule has 0 atom stereocenters. The molecule has 4 heteroatoms. The van der Waals surface area contributed by atoms with Crippen molar-refractivity contribution in [1.82, 2.24) is 4.90 Å². The van der Waals surface area contributed by atoms with Gasteiger partial charge in [0, 0.05) is 11.8 Å². The molecule has 1 rings (SSSR count). The molecule has 0 aromatic carbocycles. The van der Waals surface area contributed by atoms with E-state index in [1.165, 1.54) is 25.9 Å². The number of hydrogen-bond donors (Lipinski definition) is 0. The Bertz CT molecular complexity index is 136. The Balaban J connectivity index is 0.00000169. The summed E-state index contributed by atoms with van der Waals surface area (Å²) in [6.07, 6.45) is 4.80. The molecule has 0 unspecified atom stereocenters.